The number of nitrogens with one attached hydrogen (secondary N) is 3. The molecule has 0 atom stereocenters. The zero-order valence-electron chi connectivity index (χ0n) is 27.6. The van der Waals surface area contributed by atoms with Gasteiger partial charge in [0.05, 0.1) is 0 Å². The van der Waals surface area contributed by atoms with Gasteiger partial charge in [0.1, 0.15) is 0 Å². The van der Waals surface area contributed by atoms with Crippen LogP contribution in [0.2, 0.25) is 0 Å². The number of aromatic nitrogens is 1. The summed E-state index contributed by atoms with van der Waals surface area (Å²) >= 11 is 0. The van der Waals surface area contributed by atoms with Gasteiger partial charge in [-0.2, -0.15) is 0 Å². The summed E-state index contributed by atoms with van der Waals surface area (Å²) in [7, 11) is 4.30. The Morgan fingerprint density at radius 3 is 2.18 bits per heavy atom. The molecule has 1 aliphatic rings. The molecule has 4 N–H and O–H groups in total. The van der Waals surface area contributed by atoms with E-state index in [1.54, 1.807) is 12.1 Å². The number of aliphatic hydroxyl groups is 1. The van der Waals surface area contributed by atoms with Gasteiger partial charge in [0, 0.05) is 66.4 Å². The Morgan fingerprint density at radius 1 is 0.911 bits per heavy atom. The van der Waals surface area contributed by atoms with Crippen LogP contribution in [0, 0.1) is 20.8 Å². The maximum Gasteiger partial charge on any atom is 0.253 e. The summed E-state index contributed by atoms with van der Waals surface area (Å²) in [6.45, 7) is 9.28. The molecule has 1 saturated carbocycles. The van der Waals surface area contributed by atoms with Crippen molar-refractivity contribution in [3.8, 4) is 11.1 Å². The SMILES string of the molecule is CCN(c1cc(-c2ccc(C(=O)NCCCO)cc2)cc(C(=O)NCc2c(C)cc(C)[nH]c2=O)c1C)[C@H]1CC[C@H](N(C)C)CC1. The Morgan fingerprint density at radius 2 is 1.58 bits per heavy atom. The highest BCUT2D eigenvalue weighted by Gasteiger charge is 2.28. The van der Waals surface area contributed by atoms with Crippen molar-refractivity contribution in [2.75, 3.05) is 38.7 Å². The molecule has 9 nitrogen and oxygen atoms in total. The van der Waals surface area contributed by atoms with Crippen LogP contribution in [0.1, 0.15) is 82.1 Å². The molecule has 0 unspecified atom stereocenters. The lowest BCUT2D eigenvalue weighted by atomic mass is 9.88. The van der Waals surface area contributed by atoms with E-state index in [2.05, 4.69) is 52.5 Å². The molecule has 242 valence electrons. The van der Waals surface area contributed by atoms with Crippen molar-refractivity contribution in [2.45, 2.75) is 78.4 Å². The van der Waals surface area contributed by atoms with Gasteiger partial charge >= 0.3 is 0 Å². The summed E-state index contributed by atoms with van der Waals surface area (Å²) in [4.78, 5) is 46.6. The quantitative estimate of drug-likeness (QED) is 0.219. The zero-order chi connectivity index (χ0) is 32.7. The molecular weight excluding hydrogens is 566 g/mol. The number of aromatic amines is 1. The summed E-state index contributed by atoms with van der Waals surface area (Å²) in [6, 6.07) is 14.3. The Hall–Kier alpha value is -3.95. The number of aryl methyl sites for hydroxylation is 2. The number of carbonyl (C=O) groups is 2. The number of anilines is 1. The molecule has 2 aromatic carbocycles. The minimum atomic E-state index is -0.234. The number of carbonyl (C=O) groups excluding carboxylic acids is 2. The molecule has 9 heteroatoms. The molecule has 1 heterocycles. The first-order valence-electron chi connectivity index (χ1n) is 16.1. The van der Waals surface area contributed by atoms with Crippen LogP contribution >= 0.6 is 0 Å². The van der Waals surface area contributed by atoms with Crippen molar-refractivity contribution in [2.24, 2.45) is 0 Å². The summed E-state index contributed by atoms with van der Waals surface area (Å²) in [5.74, 6) is -0.422. The number of hydrogen-bond donors (Lipinski definition) is 4. The number of hydrogen-bond acceptors (Lipinski definition) is 6. The highest BCUT2D eigenvalue weighted by Crippen LogP contribution is 2.35. The maximum atomic E-state index is 13.8. The standard InChI is InChI=1S/C36H49N5O4/c1-7-41(30-15-13-29(14-16-30)40(5)6)33-21-28(26-9-11-27(12-10-26)34(43)37-17-8-18-42)20-31(25(33)4)35(44)38-22-32-23(2)19-24(3)39-36(32)45/h9-12,19-21,29-30,42H,7-8,13-18,22H2,1-6H3,(H,37,43)(H,38,44)(H,39,45)/t29-,30-. The fraction of sp³-hybridized carbons (Fsp3) is 0.472. The minimum absolute atomic E-state index is 0.0257. The Labute approximate surface area is 267 Å². The molecule has 0 bridgehead atoms. The monoisotopic (exact) mass is 615 g/mol. The van der Waals surface area contributed by atoms with Crippen molar-refractivity contribution in [3.63, 3.8) is 0 Å². The topological polar surface area (TPSA) is 118 Å². The van der Waals surface area contributed by atoms with E-state index in [-0.39, 0.29) is 30.5 Å². The second kappa shape index (κ2) is 15.4. The molecule has 0 saturated heterocycles. The van der Waals surface area contributed by atoms with Crippen LogP contribution in [0.3, 0.4) is 0 Å². The molecular formula is C36H49N5O4. The summed E-state index contributed by atoms with van der Waals surface area (Å²) in [5.41, 5.74) is 6.80. The molecule has 2 amide bonds. The second-order valence-corrected chi connectivity index (χ2v) is 12.4. The van der Waals surface area contributed by atoms with Crippen molar-refractivity contribution >= 4 is 17.5 Å². The number of aliphatic hydroxyl groups excluding tert-OH is 1. The lowest BCUT2D eigenvalue weighted by Gasteiger charge is -2.40. The predicted octanol–water partition coefficient (Wildman–Crippen LogP) is 4.71. The number of rotatable bonds is 12. The van der Waals surface area contributed by atoms with E-state index in [4.69, 9.17) is 5.11 Å². The van der Waals surface area contributed by atoms with E-state index in [0.29, 0.717) is 41.7 Å². The highest BCUT2D eigenvalue weighted by molar-refractivity contribution is 5.99. The third-order valence-corrected chi connectivity index (χ3v) is 9.13. The number of nitrogens with zero attached hydrogens (tertiary/aromatic N) is 2. The predicted molar refractivity (Wildman–Crippen MR) is 181 cm³/mol. The first-order chi connectivity index (χ1) is 21.5. The normalized spacial score (nSPS) is 16.4. The number of pyridine rings is 1. The number of benzene rings is 2. The van der Waals surface area contributed by atoms with Gasteiger partial charge in [0.15, 0.2) is 0 Å². The van der Waals surface area contributed by atoms with Gasteiger partial charge in [-0.1, -0.05) is 12.1 Å². The van der Waals surface area contributed by atoms with Crippen LogP contribution in [0.5, 0.6) is 0 Å². The summed E-state index contributed by atoms with van der Waals surface area (Å²) in [5, 5.41) is 14.8. The lowest BCUT2D eigenvalue weighted by molar-refractivity contribution is 0.0942. The highest BCUT2D eigenvalue weighted by atomic mass is 16.3. The fourth-order valence-electron chi connectivity index (χ4n) is 6.47. The average molecular weight is 616 g/mol. The van der Waals surface area contributed by atoms with E-state index in [1.165, 1.54) is 0 Å². The zero-order valence-corrected chi connectivity index (χ0v) is 27.6. The third-order valence-electron chi connectivity index (χ3n) is 9.13. The molecule has 45 heavy (non-hydrogen) atoms. The largest absolute Gasteiger partial charge is 0.396 e. The fourth-order valence-corrected chi connectivity index (χ4v) is 6.47. The van der Waals surface area contributed by atoms with Crippen LogP contribution in [0.4, 0.5) is 5.69 Å². The van der Waals surface area contributed by atoms with Crippen LogP contribution in [-0.2, 0) is 6.54 Å². The molecule has 0 spiro atoms. The van der Waals surface area contributed by atoms with Gasteiger partial charge in [0.25, 0.3) is 17.4 Å². The van der Waals surface area contributed by atoms with E-state index in [0.717, 1.165) is 65.9 Å². The Balaban J connectivity index is 1.69. The third kappa shape index (κ3) is 8.21. The molecule has 0 aliphatic heterocycles. The van der Waals surface area contributed by atoms with E-state index in [9.17, 15) is 14.4 Å². The number of amides is 2. The maximum absolute atomic E-state index is 13.8. The van der Waals surface area contributed by atoms with Crippen LogP contribution in [0.15, 0.2) is 47.3 Å². The van der Waals surface area contributed by atoms with Gasteiger partial charge < -0.3 is 30.5 Å². The molecule has 1 aromatic heterocycles. The minimum Gasteiger partial charge on any atom is -0.396 e. The van der Waals surface area contributed by atoms with Crippen molar-refractivity contribution in [3.05, 3.63) is 86.3 Å². The molecule has 4 rings (SSSR count). The number of H-pyrrole nitrogens is 1. The average Bonchev–Trinajstić information content (AvgIpc) is 3.02. The second-order valence-electron chi connectivity index (χ2n) is 12.4. The molecule has 0 radical (unpaired) electrons. The van der Waals surface area contributed by atoms with Gasteiger partial charge in [-0.05, 0) is 126 Å². The first kappa shape index (κ1) is 33.9. The Kier molecular flexibility index (Phi) is 11.6. The smallest absolute Gasteiger partial charge is 0.253 e. The van der Waals surface area contributed by atoms with Gasteiger partial charge in [-0.15, -0.1) is 0 Å². The van der Waals surface area contributed by atoms with E-state index < -0.39 is 0 Å². The Bertz CT molecular complexity index is 1540. The van der Waals surface area contributed by atoms with E-state index in [1.807, 2.05) is 45.0 Å². The van der Waals surface area contributed by atoms with E-state index >= 15 is 0 Å². The molecule has 3 aromatic rings. The van der Waals surface area contributed by atoms with Crippen LogP contribution in [-0.4, -0.2) is 72.7 Å². The van der Waals surface area contributed by atoms with Crippen LogP contribution in [0.25, 0.3) is 11.1 Å². The van der Waals surface area contributed by atoms with Gasteiger partial charge in [-0.25, -0.2) is 0 Å². The van der Waals surface area contributed by atoms with Crippen molar-refractivity contribution in [1.82, 2.24) is 20.5 Å². The van der Waals surface area contributed by atoms with Crippen molar-refractivity contribution < 1.29 is 14.7 Å². The lowest BCUT2D eigenvalue weighted by Crippen LogP contribution is -2.42. The summed E-state index contributed by atoms with van der Waals surface area (Å²) < 4.78 is 0. The van der Waals surface area contributed by atoms with Crippen LogP contribution < -0.4 is 21.1 Å². The first-order valence-corrected chi connectivity index (χ1v) is 16.1. The van der Waals surface area contributed by atoms with Gasteiger partial charge in [-0.3, -0.25) is 14.4 Å². The van der Waals surface area contributed by atoms with Gasteiger partial charge in [0.2, 0.25) is 0 Å². The molecule has 1 fully saturated rings. The molecule has 1 aliphatic carbocycles. The summed E-state index contributed by atoms with van der Waals surface area (Å²) in [6.07, 6.45) is 4.93. The van der Waals surface area contributed by atoms with Crippen molar-refractivity contribution in [1.29, 1.82) is 0 Å².